The molecule has 3 aromatic rings. The summed E-state index contributed by atoms with van der Waals surface area (Å²) in [6.07, 6.45) is 4.92. The van der Waals surface area contributed by atoms with Crippen LogP contribution in [0.4, 0.5) is 23.3 Å². The minimum Gasteiger partial charge on any atom is -0.383 e. The number of pyridine rings is 1. The van der Waals surface area contributed by atoms with Crippen molar-refractivity contribution in [2.24, 2.45) is 18.9 Å². The number of anilines is 4. The summed E-state index contributed by atoms with van der Waals surface area (Å²) >= 11 is 0. The molecule has 1 saturated carbocycles. The Labute approximate surface area is 224 Å². The van der Waals surface area contributed by atoms with E-state index in [2.05, 4.69) is 30.5 Å². The zero-order chi connectivity index (χ0) is 27.8. The second-order valence-corrected chi connectivity index (χ2v) is 10.1. The van der Waals surface area contributed by atoms with Crippen molar-refractivity contribution in [2.75, 3.05) is 34.4 Å². The third kappa shape index (κ3) is 5.24. The molecule has 1 saturated heterocycles. The Morgan fingerprint density at radius 3 is 2.51 bits per heavy atom. The number of ketones is 1. The lowest BCUT2D eigenvalue weighted by molar-refractivity contribution is -0.119. The van der Waals surface area contributed by atoms with Crippen molar-refractivity contribution < 1.29 is 9.59 Å². The molecule has 5 rings (SSSR count). The first-order chi connectivity index (χ1) is 18.7. The summed E-state index contributed by atoms with van der Waals surface area (Å²) in [7, 11) is 1.39. The molecule has 0 aromatic carbocycles. The number of fused-ring (bicyclic) bond motifs is 1. The van der Waals surface area contributed by atoms with E-state index in [0.29, 0.717) is 23.0 Å². The van der Waals surface area contributed by atoms with Gasteiger partial charge in [-0.2, -0.15) is 0 Å². The number of nitrogens with zero attached hydrogens (tertiary/aromatic N) is 6. The van der Waals surface area contributed by atoms with Crippen LogP contribution in [0.25, 0.3) is 11.3 Å². The molecule has 2 aliphatic rings. The second-order valence-electron chi connectivity index (χ2n) is 10.1. The molecule has 2 fully saturated rings. The Bertz CT molecular complexity index is 1540. The van der Waals surface area contributed by atoms with E-state index in [1.54, 1.807) is 44.4 Å². The molecule has 4 N–H and O–H groups in total. The van der Waals surface area contributed by atoms with Gasteiger partial charge in [-0.3, -0.25) is 23.5 Å². The van der Waals surface area contributed by atoms with Crippen LogP contribution in [0, 0.1) is 11.8 Å². The molecular weight excluding hydrogens is 502 g/mol. The molecule has 13 nitrogen and oxygen atoms in total. The minimum absolute atomic E-state index is 0.139. The number of aromatic nitrogens is 5. The van der Waals surface area contributed by atoms with E-state index in [1.807, 2.05) is 0 Å². The first kappa shape index (κ1) is 26.1. The zero-order valence-corrected chi connectivity index (χ0v) is 22.0. The van der Waals surface area contributed by atoms with E-state index >= 15 is 0 Å². The van der Waals surface area contributed by atoms with Gasteiger partial charge >= 0.3 is 5.69 Å². The van der Waals surface area contributed by atoms with Crippen molar-refractivity contribution in [1.82, 2.24) is 24.1 Å². The fourth-order valence-corrected chi connectivity index (χ4v) is 4.71. The predicted octanol–water partition coefficient (Wildman–Crippen LogP) is 0.856. The Kier molecular flexibility index (Phi) is 6.89. The third-order valence-electron chi connectivity index (χ3n) is 7.27. The summed E-state index contributed by atoms with van der Waals surface area (Å²) in [6.45, 7) is 4.82. The Balaban J connectivity index is 1.28. The van der Waals surface area contributed by atoms with Gasteiger partial charge in [0.15, 0.2) is 5.78 Å². The zero-order valence-electron chi connectivity index (χ0n) is 22.0. The van der Waals surface area contributed by atoms with E-state index in [1.165, 1.54) is 13.5 Å². The van der Waals surface area contributed by atoms with Gasteiger partial charge in [-0.05, 0) is 37.3 Å². The number of Topliss-reactive ketones (excluding diaryl/α,β-unsaturated/α-hetero) is 1. The monoisotopic (exact) mass is 533 g/mol. The predicted molar refractivity (Wildman–Crippen MR) is 146 cm³/mol. The quantitative estimate of drug-likeness (QED) is 0.358. The normalized spacial score (nSPS) is 18.4. The smallest absolute Gasteiger partial charge is 0.332 e. The summed E-state index contributed by atoms with van der Waals surface area (Å²) in [6, 6.07) is 4.27. The molecule has 2 unspecified atom stereocenters. The van der Waals surface area contributed by atoms with Crippen molar-refractivity contribution in [3.8, 4) is 11.3 Å². The van der Waals surface area contributed by atoms with Crippen LogP contribution in [0.15, 0.2) is 40.2 Å². The molecule has 3 aromatic heterocycles. The Morgan fingerprint density at radius 1 is 1.15 bits per heavy atom. The molecule has 13 heteroatoms. The third-order valence-corrected chi connectivity index (χ3v) is 7.27. The van der Waals surface area contributed by atoms with Crippen LogP contribution < -0.4 is 32.5 Å². The molecule has 4 heterocycles. The van der Waals surface area contributed by atoms with Crippen LogP contribution in [0.3, 0.4) is 0 Å². The Hall–Kier alpha value is -4.55. The van der Waals surface area contributed by atoms with E-state index in [9.17, 15) is 19.2 Å². The fraction of sp³-hybridized carbons (Fsp3) is 0.423. The van der Waals surface area contributed by atoms with Crippen molar-refractivity contribution in [1.29, 1.82) is 0 Å². The number of nitrogens with one attached hydrogen (secondary N) is 2. The average Bonchev–Trinajstić information content (AvgIpc) is 3.56. The van der Waals surface area contributed by atoms with Gasteiger partial charge in [-0.1, -0.05) is 13.0 Å². The summed E-state index contributed by atoms with van der Waals surface area (Å²) in [4.78, 5) is 66.0. The maximum absolute atomic E-state index is 13.0. The average molecular weight is 534 g/mol. The first-order valence-electron chi connectivity index (χ1n) is 12.9. The molecule has 1 aliphatic carbocycles. The van der Waals surface area contributed by atoms with Crippen LogP contribution in [-0.2, 0) is 23.2 Å². The molecule has 3 atom stereocenters. The van der Waals surface area contributed by atoms with Crippen molar-refractivity contribution in [3.63, 3.8) is 0 Å². The van der Waals surface area contributed by atoms with Gasteiger partial charge in [0.05, 0.1) is 12.2 Å². The highest BCUT2D eigenvalue weighted by Gasteiger charge is 2.45. The van der Waals surface area contributed by atoms with Gasteiger partial charge in [0, 0.05) is 44.5 Å². The molecule has 0 bridgehead atoms. The highest BCUT2D eigenvalue weighted by atomic mass is 16.2. The van der Waals surface area contributed by atoms with E-state index in [0.717, 1.165) is 34.1 Å². The van der Waals surface area contributed by atoms with Crippen LogP contribution in [0.5, 0.6) is 0 Å². The molecular formula is C26H31N9O4. The number of nitrogen functional groups attached to an aromatic ring is 1. The maximum atomic E-state index is 13.0. The number of rotatable bonds is 9. The lowest BCUT2D eigenvalue weighted by atomic mass is 10.2. The number of piperidine rings is 1. The van der Waals surface area contributed by atoms with Gasteiger partial charge in [0.1, 0.15) is 23.4 Å². The summed E-state index contributed by atoms with van der Waals surface area (Å²) in [5.41, 5.74) is 5.69. The van der Waals surface area contributed by atoms with Gasteiger partial charge in [0.25, 0.3) is 5.56 Å². The number of nitrogens with two attached hydrogens (primary N) is 1. The SMILES string of the molecule is CCC(=O)Cn1c(=O)c(N[C@@H](C)C(=O)Nc2cccc(-c3cnc(N4CC5CC5C4)nc3)n2)c(N)n(C)c1=O. The highest BCUT2D eigenvalue weighted by Crippen LogP contribution is 2.45. The minimum atomic E-state index is -0.924. The molecule has 204 valence electrons. The number of carbonyl (C=O) groups excluding carboxylic acids is 2. The number of hydrogen-bond acceptors (Lipinski definition) is 10. The molecule has 1 aliphatic heterocycles. The summed E-state index contributed by atoms with van der Waals surface area (Å²) < 4.78 is 1.86. The molecule has 39 heavy (non-hydrogen) atoms. The number of hydrogen-bond donors (Lipinski definition) is 3. The largest absolute Gasteiger partial charge is 0.383 e. The highest BCUT2D eigenvalue weighted by molar-refractivity contribution is 5.96. The lowest BCUT2D eigenvalue weighted by Crippen LogP contribution is -2.44. The van der Waals surface area contributed by atoms with Crippen molar-refractivity contribution in [2.45, 2.75) is 39.3 Å². The van der Waals surface area contributed by atoms with Crippen LogP contribution in [0.1, 0.15) is 26.7 Å². The van der Waals surface area contributed by atoms with Crippen LogP contribution in [-0.4, -0.2) is 54.9 Å². The maximum Gasteiger partial charge on any atom is 0.332 e. The number of amides is 1. The van der Waals surface area contributed by atoms with E-state index < -0.39 is 23.2 Å². The Morgan fingerprint density at radius 2 is 1.85 bits per heavy atom. The summed E-state index contributed by atoms with van der Waals surface area (Å²) in [5, 5.41) is 5.51. The van der Waals surface area contributed by atoms with Gasteiger partial charge < -0.3 is 21.3 Å². The first-order valence-corrected chi connectivity index (χ1v) is 12.9. The standard InChI is InChI=1S/C26H31N9O4/c1-4-18(36)13-35-24(38)21(22(27)33(3)26(35)39)30-14(2)23(37)32-20-7-5-6-19(31-20)17-9-28-25(29-10-17)34-11-15-8-16(15)12-34/h5-7,9-10,14-16,30H,4,8,11-13,27H2,1-3H3,(H,31,32,37)/t14-,15?,16?/m0/s1. The van der Waals surface area contributed by atoms with Gasteiger partial charge in [-0.15, -0.1) is 0 Å². The number of carbonyl (C=O) groups is 2. The van der Waals surface area contributed by atoms with Crippen LogP contribution >= 0.6 is 0 Å². The van der Waals surface area contributed by atoms with E-state index in [4.69, 9.17) is 5.73 Å². The fourth-order valence-electron chi connectivity index (χ4n) is 4.71. The van der Waals surface area contributed by atoms with E-state index in [-0.39, 0.29) is 30.3 Å². The molecule has 0 spiro atoms. The molecule has 1 amide bonds. The van der Waals surface area contributed by atoms with Gasteiger partial charge in [0.2, 0.25) is 11.9 Å². The van der Waals surface area contributed by atoms with Gasteiger partial charge in [-0.25, -0.2) is 19.7 Å². The lowest BCUT2D eigenvalue weighted by Gasteiger charge is -2.19. The van der Waals surface area contributed by atoms with Crippen LogP contribution in [0.2, 0.25) is 0 Å². The topological polar surface area (TPSA) is 170 Å². The summed E-state index contributed by atoms with van der Waals surface area (Å²) in [5.74, 6) is 1.67. The van der Waals surface area contributed by atoms with Crippen molar-refractivity contribution in [3.05, 3.63) is 51.4 Å². The van der Waals surface area contributed by atoms with Crippen molar-refractivity contribution >= 4 is 35.0 Å². The molecule has 0 radical (unpaired) electrons. The second kappa shape index (κ2) is 10.3.